The van der Waals surface area contributed by atoms with Gasteiger partial charge >= 0.3 is 0 Å². The van der Waals surface area contributed by atoms with Gasteiger partial charge in [0.25, 0.3) is 0 Å². The molecule has 0 saturated heterocycles. The molecule has 0 atom stereocenters. The van der Waals surface area contributed by atoms with Crippen molar-refractivity contribution in [3.63, 3.8) is 0 Å². The van der Waals surface area contributed by atoms with Crippen molar-refractivity contribution in [3.05, 3.63) is 17.1 Å². The summed E-state index contributed by atoms with van der Waals surface area (Å²) in [5, 5.41) is 6.18. The van der Waals surface area contributed by atoms with E-state index in [2.05, 4.69) is 12.0 Å². The maximum absolute atomic E-state index is 5.38. The molecule has 2 aromatic heterocycles. The van der Waals surface area contributed by atoms with Crippen molar-refractivity contribution in [1.29, 1.82) is 0 Å². The molecule has 0 aliphatic rings. The first-order valence-corrected chi connectivity index (χ1v) is 4.75. The van der Waals surface area contributed by atoms with Crippen molar-refractivity contribution < 1.29 is 4.74 Å². The van der Waals surface area contributed by atoms with Gasteiger partial charge in [0.05, 0.1) is 18.2 Å². The van der Waals surface area contributed by atoms with Crippen LogP contribution in [-0.2, 0) is 0 Å². The summed E-state index contributed by atoms with van der Waals surface area (Å²) in [4.78, 5) is 1.17. The fourth-order valence-electron chi connectivity index (χ4n) is 1.12. The first-order chi connectivity index (χ1) is 5.83. The Morgan fingerprint density at radius 2 is 2.50 bits per heavy atom. The molecule has 12 heavy (non-hydrogen) atoms. The zero-order chi connectivity index (χ0) is 8.55. The lowest BCUT2D eigenvalue weighted by atomic mass is 10.4. The van der Waals surface area contributed by atoms with Gasteiger partial charge in [0.15, 0.2) is 0 Å². The maximum Gasteiger partial charge on any atom is 0.226 e. The molecule has 2 rings (SSSR count). The van der Waals surface area contributed by atoms with Gasteiger partial charge in [-0.3, -0.25) is 0 Å². The van der Waals surface area contributed by atoms with E-state index < -0.39 is 0 Å². The smallest absolute Gasteiger partial charge is 0.226 e. The topological polar surface area (TPSA) is 26.5 Å². The first kappa shape index (κ1) is 7.61. The summed E-state index contributed by atoms with van der Waals surface area (Å²) in [6, 6.07) is 0. The molecular weight excluding hydrogens is 172 g/mol. The van der Waals surface area contributed by atoms with Crippen LogP contribution in [0.4, 0.5) is 0 Å². The summed E-state index contributed by atoms with van der Waals surface area (Å²) in [5.41, 5.74) is 1.20. The van der Waals surface area contributed by atoms with Gasteiger partial charge in [-0.2, -0.15) is 9.61 Å². The summed E-state index contributed by atoms with van der Waals surface area (Å²) in [6.07, 6.45) is 1.86. The van der Waals surface area contributed by atoms with Crippen LogP contribution >= 0.6 is 11.3 Å². The van der Waals surface area contributed by atoms with Crippen LogP contribution in [0.2, 0.25) is 0 Å². The lowest BCUT2D eigenvalue weighted by Crippen LogP contribution is -1.95. The molecular formula is C8H10N2OS. The predicted octanol–water partition coefficient (Wildman–Crippen LogP) is 2.10. The van der Waals surface area contributed by atoms with Crippen LogP contribution in [0.3, 0.4) is 0 Å². The van der Waals surface area contributed by atoms with Crippen LogP contribution in [0.1, 0.15) is 12.5 Å². The zero-order valence-electron chi connectivity index (χ0n) is 7.07. The van der Waals surface area contributed by atoms with Gasteiger partial charge in [0.1, 0.15) is 4.83 Å². The van der Waals surface area contributed by atoms with Crippen molar-refractivity contribution in [3.8, 4) is 5.88 Å². The van der Waals surface area contributed by atoms with E-state index in [4.69, 9.17) is 4.74 Å². The average Bonchev–Trinajstić information content (AvgIpc) is 2.58. The molecule has 0 N–H and O–H groups in total. The standard InChI is InChI=1S/C8H10N2OS/c1-3-11-7-5-12-8-6(2)4-9-10(7)8/h4-5H,3H2,1-2H3. The van der Waals surface area contributed by atoms with Crippen LogP contribution in [0, 0.1) is 6.92 Å². The molecule has 3 nitrogen and oxygen atoms in total. The minimum absolute atomic E-state index is 0.685. The van der Waals surface area contributed by atoms with Gasteiger partial charge < -0.3 is 4.74 Å². The quantitative estimate of drug-likeness (QED) is 0.711. The zero-order valence-corrected chi connectivity index (χ0v) is 7.89. The van der Waals surface area contributed by atoms with Crippen molar-refractivity contribution >= 4 is 16.2 Å². The second kappa shape index (κ2) is 2.79. The van der Waals surface area contributed by atoms with E-state index in [0.29, 0.717) is 6.61 Å². The minimum Gasteiger partial charge on any atom is -0.477 e. The highest BCUT2D eigenvalue weighted by Crippen LogP contribution is 2.24. The fraction of sp³-hybridized carbons (Fsp3) is 0.375. The van der Waals surface area contributed by atoms with Crippen LogP contribution in [0.25, 0.3) is 4.83 Å². The van der Waals surface area contributed by atoms with Crippen LogP contribution in [-0.4, -0.2) is 16.2 Å². The van der Waals surface area contributed by atoms with Gasteiger partial charge in [-0.15, -0.1) is 11.3 Å². The van der Waals surface area contributed by atoms with Crippen molar-refractivity contribution in [1.82, 2.24) is 9.61 Å². The number of aromatic nitrogens is 2. The highest BCUT2D eigenvalue weighted by Gasteiger charge is 2.06. The van der Waals surface area contributed by atoms with Gasteiger partial charge in [-0.25, -0.2) is 0 Å². The van der Waals surface area contributed by atoms with E-state index in [1.165, 1.54) is 10.4 Å². The molecule has 64 valence electrons. The number of thiazole rings is 1. The Kier molecular flexibility index (Phi) is 1.77. The average molecular weight is 182 g/mol. The number of ether oxygens (including phenoxy) is 1. The summed E-state index contributed by atoms with van der Waals surface area (Å²) >= 11 is 1.66. The Morgan fingerprint density at radius 3 is 3.25 bits per heavy atom. The number of hydrogen-bond acceptors (Lipinski definition) is 3. The second-order valence-electron chi connectivity index (χ2n) is 2.55. The molecule has 0 bridgehead atoms. The Balaban J connectivity index is 2.55. The summed E-state index contributed by atoms with van der Waals surface area (Å²) in [5.74, 6) is 0.839. The molecule has 0 fully saturated rings. The van der Waals surface area contributed by atoms with Crippen LogP contribution in [0.5, 0.6) is 5.88 Å². The molecule has 2 heterocycles. The molecule has 0 spiro atoms. The van der Waals surface area contributed by atoms with Gasteiger partial charge in [0, 0.05) is 5.56 Å². The molecule has 0 unspecified atom stereocenters. The van der Waals surface area contributed by atoms with Gasteiger partial charge in [-0.1, -0.05) is 0 Å². The highest BCUT2D eigenvalue weighted by atomic mass is 32.1. The number of rotatable bonds is 2. The third-order valence-electron chi connectivity index (χ3n) is 1.67. The molecule has 0 aromatic carbocycles. The summed E-state index contributed by atoms with van der Waals surface area (Å²) in [6.45, 7) is 4.71. The van der Waals surface area contributed by atoms with E-state index in [-0.39, 0.29) is 0 Å². The van der Waals surface area contributed by atoms with E-state index in [1.807, 2.05) is 23.0 Å². The monoisotopic (exact) mass is 182 g/mol. The Hall–Kier alpha value is -1.03. The minimum atomic E-state index is 0.685. The van der Waals surface area contributed by atoms with Crippen molar-refractivity contribution in [2.45, 2.75) is 13.8 Å². The summed E-state index contributed by atoms with van der Waals surface area (Å²) in [7, 11) is 0. The van der Waals surface area contributed by atoms with Gasteiger partial charge in [0.2, 0.25) is 5.88 Å². The summed E-state index contributed by atoms with van der Waals surface area (Å²) < 4.78 is 7.22. The number of aryl methyl sites for hydroxylation is 1. The maximum atomic E-state index is 5.38. The highest BCUT2D eigenvalue weighted by molar-refractivity contribution is 7.16. The molecule has 0 radical (unpaired) electrons. The fourth-order valence-corrected chi connectivity index (χ4v) is 1.97. The third kappa shape index (κ3) is 0.992. The van der Waals surface area contributed by atoms with E-state index >= 15 is 0 Å². The van der Waals surface area contributed by atoms with Crippen molar-refractivity contribution in [2.75, 3.05) is 6.61 Å². The first-order valence-electron chi connectivity index (χ1n) is 3.87. The molecule has 0 saturated carbocycles. The predicted molar refractivity (Wildman–Crippen MR) is 49.0 cm³/mol. The number of nitrogens with zero attached hydrogens (tertiary/aromatic N) is 2. The van der Waals surface area contributed by atoms with E-state index in [1.54, 1.807) is 11.3 Å². The van der Waals surface area contributed by atoms with E-state index in [0.717, 1.165) is 5.88 Å². The Labute approximate surface area is 74.6 Å². The lowest BCUT2D eigenvalue weighted by molar-refractivity contribution is 0.320. The normalized spacial score (nSPS) is 10.8. The Morgan fingerprint density at radius 1 is 1.67 bits per heavy atom. The largest absolute Gasteiger partial charge is 0.477 e. The molecule has 0 aliphatic carbocycles. The molecule has 0 aliphatic heterocycles. The molecule has 0 amide bonds. The third-order valence-corrected chi connectivity index (χ3v) is 2.71. The van der Waals surface area contributed by atoms with Gasteiger partial charge in [-0.05, 0) is 13.8 Å². The molecule has 4 heteroatoms. The number of fused-ring (bicyclic) bond motifs is 1. The number of hydrogen-bond donors (Lipinski definition) is 0. The van der Waals surface area contributed by atoms with E-state index in [9.17, 15) is 0 Å². The van der Waals surface area contributed by atoms with Crippen molar-refractivity contribution in [2.24, 2.45) is 0 Å². The SMILES string of the molecule is CCOc1csc2c(C)cnn12. The Bertz CT molecular complexity index is 391. The molecule has 2 aromatic rings. The second-order valence-corrected chi connectivity index (χ2v) is 3.41. The lowest BCUT2D eigenvalue weighted by Gasteiger charge is -1.97. The van der Waals surface area contributed by atoms with Crippen LogP contribution < -0.4 is 4.74 Å². The van der Waals surface area contributed by atoms with Crippen LogP contribution in [0.15, 0.2) is 11.6 Å².